The van der Waals surface area contributed by atoms with Gasteiger partial charge in [-0.15, -0.1) is 0 Å². The predicted molar refractivity (Wildman–Crippen MR) is 75.9 cm³/mol. The first-order valence-electron chi connectivity index (χ1n) is 5.70. The monoisotopic (exact) mass is 276 g/mol. The van der Waals surface area contributed by atoms with Crippen LogP contribution < -0.4 is 10.6 Å². The highest BCUT2D eigenvalue weighted by molar-refractivity contribution is 6.34. The van der Waals surface area contributed by atoms with Crippen molar-refractivity contribution in [3.05, 3.63) is 59.1 Å². The normalized spacial score (nSPS) is 10.2. The van der Waals surface area contributed by atoms with Gasteiger partial charge in [0.2, 0.25) is 0 Å². The van der Waals surface area contributed by atoms with Crippen LogP contribution in [0.4, 0.5) is 16.2 Å². The van der Waals surface area contributed by atoms with Crippen molar-refractivity contribution in [3.63, 3.8) is 0 Å². The topological polar surface area (TPSA) is 66.6 Å². The summed E-state index contributed by atoms with van der Waals surface area (Å²) in [5.74, 6) is 0. The minimum Gasteiger partial charge on any atom is -0.464 e. The Balaban J connectivity index is 2.49. The molecule has 1 amide bonds. The Kier molecular flexibility index (Phi) is 4.04. The van der Waals surface area contributed by atoms with Crippen molar-refractivity contribution in [3.8, 4) is 0 Å². The molecule has 0 aliphatic heterocycles. The highest BCUT2D eigenvalue weighted by Gasteiger charge is 2.19. The summed E-state index contributed by atoms with van der Waals surface area (Å²) in [6, 6.07) is 13.9. The van der Waals surface area contributed by atoms with Crippen molar-refractivity contribution in [2.45, 2.75) is 6.54 Å². The molecule has 0 atom stereocenters. The maximum absolute atomic E-state index is 11.4. The van der Waals surface area contributed by atoms with E-state index in [9.17, 15) is 9.90 Å². The zero-order valence-electron chi connectivity index (χ0n) is 10.1. The Bertz CT molecular complexity index is 587. The molecule has 0 aliphatic rings. The molecule has 2 aromatic rings. The third-order valence-electron chi connectivity index (χ3n) is 2.69. The number of hydrogen-bond donors (Lipinski definition) is 2. The molecule has 5 heteroatoms. The van der Waals surface area contributed by atoms with Gasteiger partial charge in [0.1, 0.15) is 0 Å². The number of halogens is 1. The van der Waals surface area contributed by atoms with Crippen molar-refractivity contribution in [2.24, 2.45) is 5.73 Å². The van der Waals surface area contributed by atoms with Crippen LogP contribution in [-0.4, -0.2) is 11.2 Å². The van der Waals surface area contributed by atoms with Crippen molar-refractivity contribution in [1.82, 2.24) is 0 Å². The number of nitrogens with two attached hydrogens (primary N) is 1. The molecule has 0 saturated carbocycles. The molecule has 0 aromatic heterocycles. The zero-order chi connectivity index (χ0) is 13.8. The maximum Gasteiger partial charge on any atom is 0.416 e. The van der Waals surface area contributed by atoms with Gasteiger partial charge in [0, 0.05) is 6.54 Å². The summed E-state index contributed by atoms with van der Waals surface area (Å²) in [4.78, 5) is 12.6. The average Bonchev–Trinajstić information content (AvgIpc) is 2.41. The van der Waals surface area contributed by atoms with Gasteiger partial charge in [0.15, 0.2) is 0 Å². The lowest BCUT2D eigenvalue weighted by molar-refractivity contribution is 0.205. The molecule has 0 saturated heterocycles. The molecule has 2 aromatic carbocycles. The molecule has 4 nitrogen and oxygen atoms in total. The summed E-state index contributed by atoms with van der Waals surface area (Å²) < 4.78 is 0. The van der Waals surface area contributed by atoms with Crippen LogP contribution in [0.15, 0.2) is 48.5 Å². The molecule has 0 unspecified atom stereocenters. The second kappa shape index (κ2) is 5.73. The number of rotatable bonds is 3. The molecule has 0 aliphatic carbocycles. The van der Waals surface area contributed by atoms with Crippen molar-refractivity contribution < 1.29 is 9.90 Å². The van der Waals surface area contributed by atoms with Crippen LogP contribution in [0.25, 0.3) is 0 Å². The molecule has 98 valence electrons. The fourth-order valence-electron chi connectivity index (χ4n) is 1.79. The van der Waals surface area contributed by atoms with Gasteiger partial charge in [-0.05, 0) is 29.8 Å². The Morgan fingerprint density at radius 2 is 1.89 bits per heavy atom. The van der Waals surface area contributed by atoms with E-state index in [1.807, 2.05) is 6.07 Å². The summed E-state index contributed by atoms with van der Waals surface area (Å²) >= 11 is 6.14. The number of carbonyl (C=O) groups is 1. The van der Waals surface area contributed by atoms with Crippen LogP contribution in [0.2, 0.25) is 5.02 Å². The van der Waals surface area contributed by atoms with Gasteiger partial charge in [-0.1, -0.05) is 35.9 Å². The number of para-hydroxylation sites is 1. The fourth-order valence-corrected chi connectivity index (χ4v) is 2.08. The first-order chi connectivity index (χ1) is 9.13. The molecule has 19 heavy (non-hydrogen) atoms. The Morgan fingerprint density at radius 3 is 2.42 bits per heavy atom. The molecule has 2 rings (SSSR count). The van der Waals surface area contributed by atoms with Gasteiger partial charge in [0.25, 0.3) is 0 Å². The van der Waals surface area contributed by atoms with Crippen LogP contribution in [0.1, 0.15) is 5.56 Å². The Labute approximate surface area is 116 Å². The molecule has 0 heterocycles. The average molecular weight is 277 g/mol. The van der Waals surface area contributed by atoms with Gasteiger partial charge in [0.05, 0.1) is 16.4 Å². The SMILES string of the molecule is NCc1ccc(N(C(=O)O)c2ccccc2)c(Cl)c1. The number of anilines is 2. The third-order valence-corrected chi connectivity index (χ3v) is 3.00. The van der Waals surface area contributed by atoms with E-state index in [1.165, 1.54) is 0 Å². The predicted octanol–water partition coefficient (Wildman–Crippen LogP) is 3.61. The van der Waals surface area contributed by atoms with Gasteiger partial charge >= 0.3 is 6.09 Å². The van der Waals surface area contributed by atoms with Crippen LogP contribution in [0, 0.1) is 0 Å². The number of amides is 1. The van der Waals surface area contributed by atoms with E-state index < -0.39 is 6.09 Å². The second-order valence-corrected chi connectivity index (χ2v) is 4.35. The first kappa shape index (κ1) is 13.4. The first-order valence-corrected chi connectivity index (χ1v) is 6.08. The Hall–Kier alpha value is -2.04. The summed E-state index contributed by atoms with van der Waals surface area (Å²) in [6.07, 6.45) is -1.09. The van der Waals surface area contributed by atoms with Crippen LogP contribution >= 0.6 is 11.6 Å². The summed E-state index contributed by atoms with van der Waals surface area (Å²) in [5.41, 5.74) is 7.33. The maximum atomic E-state index is 11.4. The highest BCUT2D eigenvalue weighted by atomic mass is 35.5. The lowest BCUT2D eigenvalue weighted by atomic mass is 10.2. The number of nitrogens with zero attached hydrogens (tertiary/aromatic N) is 1. The van der Waals surface area contributed by atoms with Crippen LogP contribution in [-0.2, 0) is 6.54 Å². The van der Waals surface area contributed by atoms with Crippen molar-refractivity contribution in [2.75, 3.05) is 4.90 Å². The summed E-state index contributed by atoms with van der Waals surface area (Å²) in [5, 5.41) is 9.73. The molecule has 0 bridgehead atoms. The Morgan fingerprint density at radius 1 is 1.21 bits per heavy atom. The summed E-state index contributed by atoms with van der Waals surface area (Å²) in [6.45, 7) is 0.360. The van der Waals surface area contributed by atoms with E-state index in [4.69, 9.17) is 17.3 Å². The summed E-state index contributed by atoms with van der Waals surface area (Å²) in [7, 11) is 0. The quantitative estimate of drug-likeness (QED) is 0.900. The van der Waals surface area contributed by atoms with Gasteiger partial charge in [-0.25, -0.2) is 9.69 Å². The van der Waals surface area contributed by atoms with Gasteiger partial charge < -0.3 is 10.8 Å². The fraction of sp³-hybridized carbons (Fsp3) is 0.0714. The molecule has 0 fully saturated rings. The van der Waals surface area contributed by atoms with Crippen LogP contribution in [0.3, 0.4) is 0 Å². The van der Waals surface area contributed by atoms with E-state index >= 15 is 0 Å². The molecule has 0 radical (unpaired) electrons. The lowest BCUT2D eigenvalue weighted by Gasteiger charge is -2.21. The molecule has 3 N–H and O–H groups in total. The van der Waals surface area contributed by atoms with Crippen molar-refractivity contribution >= 4 is 29.1 Å². The minimum absolute atomic E-state index is 0.356. The van der Waals surface area contributed by atoms with E-state index in [2.05, 4.69) is 0 Å². The van der Waals surface area contributed by atoms with E-state index in [-0.39, 0.29) is 0 Å². The van der Waals surface area contributed by atoms with Gasteiger partial charge in [-0.2, -0.15) is 0 Å². The van der Waals surface area contributed by atoms with Gasteiger partial charge in [-0.3, -0.25) is 0 Å². The molecular weight excluding hydrogens is 264 g/mol. The van der Waals surface area contributed by atoms with E-state index in [0.717, 1.165) is 10.5 Å². The third kappa shape index (κ3) is 2.86. The van der Waals surface area contributed by atoms with E-state index in [0.29, 0.717) is 22.9 Å². The highest BCUT2D eigenvalue weighted by Crippen LogP contribution is 2.32. The number of benzene rings is 2. The smallest absolute Gasteiger partial charge is 0.416 e. The number of carboxylic acid groups (broad SMARTS) is 1. The minimum atomic E-state index is -1.09. The van der Waals surface area contributed by atoms with E-state index in [1.54, 1.807) is 42.5 Å². The lowest BCUT2D eigenvalue weighted by Crippen LogP contribution is -2.23. The second-order valence-electron chi connectivity index (χ2n) is 3.94. The standard InChI is InChI=1S/C14H13ClN2O2/c15-12-8-10(9-16)6-7-13(12)17(14(18)19)11-4-2-1-3-5-11/h1-8H,9,16H2,(H,18,19). The largest absolute Gasteiger partial charge is 0.464 e. The van der Waals surface area contributed by atoms with Crippen molar-refractivity contribution in [1.29, 1.82) is 0 Å². The molecular formula is C14H13ClN2O2. The van der Waals surface area contributed by atoms with Crippen LogP contribution in [0.5, 0.6) is 0 Å². The zero-order valence-corrected chi connectivity index (χ0v) is 10.8. The molecule has 0 spiro atoms. The number of hydrogen-bond acceptors (Lipinski definition) is 2.